The minimum absolute atomic E-state index is 0.0254. The molecule has 3 N–H and O–H groups in total. The Morgan fingerprint density at radius 2 is 2.15 bits per heavy atom. The third-order valence-electron chi connectivity index (χ3n) is 3.36. The van der Waals surface area contributed by atoms with E-state index >= 15 is 0 Å². The number of hydrogen-bond acceptors (Lipinski definition) is 3. The molecule has 7 nitrogen and oxygen atoms in total. The van der Waals surface area contributed by atoms with Gasteiger partial charge in [-0.15, -0.1) is 0 Å². The summed E-state index contributed by atoms with van der Waals surface area (Å²) in [6.45, 7) is 3.95. The number of urea groups is 1. The molecule has 0 spiro atoms. The summed E-state index contributed by atoms with van der Waals surface area (Å²) in [5, 5.41) is 14.1. The van der Waals surface area contributed by atoms with Crippen LogP contribution in [0.2, 0.25) is 0 Å². The maximum absolute atomic E-state index is 11.9. The van der Waals surface area contributed by atoms with Crippen molar-refractivity contribution in [3.05, 3.63) is 0 Å². The summed E-state index contributed by atoms with van der Waals surface area (Å²) in [6, 6.07) is -0.160. The van der Waals surface area contributed by atoms with Crippen LogP contribution >= 0.6 is 0 Å². The predicted molar refractivity (Wildman–Crippen MR) is 73.2 cm³/mol. The Balaban J connectivity index is 2.19. The van der Waals surface area contributed by atoms with Crippen LogP contribution in [0, 0.1) is 5.92 Å². The normalized spacial score (nSPS) is 17.1. The van der Waals surface area contributed by atoms with E-state index < -0.39 is 5.97 Å². The van der Waals surface area contributed by atoms with E-state index in [2.05, 4.69) is 10.6 Å². The third-order valence-corrected chi connectivity index (χ3v) is 3.36. The number of aliphatic carboxylic acids is 1. The predicted octanol–water partition coefficient (Wildman–Crippen LogP) is 0.409. The molecule has 0 aromatic rings. The number of nitrogens with zero attached hydrogens (tertiary/aromatic N) is 1. The zero-order valence-electron chi connectivity index (χ0n) is 11.9. The van der Waals surface area contributed by atoms with Crippen molar-refractivity contribution in [2.24, 2.45) is 5.92 Å². The van der Waals surface area contributed by atoms with Crippen LogP contribution < -0.4 is 10.6 Å². The summed E-state index contributed by atoms with van der Waals surface area (Å²) in [6.07, 6.45) is 1.87. The van der Waals surface area contributed by atoms with Crippen LogP contribution in [0.4, 0.5) is 4.79 Å². The Morgan fingerprint density at radius 1 is 1.40 bits per heavy atom. The fraction of sp³-hybridized carbons (Fsp3) is 0.769. The zero-order valence-corrected chi connectivity index (χ0v) is 11.9. The van der Waals surface area contributed by atoms with Gasteiger partial charge in [0.25, 0.3) is 0 Å². The van der Waals surface area contributed by atoms with Gasteiger partial charge in [-0.1, -0.05) is 6.92 Å². The lowest BCUT2D eigenvalue weighted by Gasteiger charge is -2.20. The van der Waals surface area contributed by atoms with Crippen LogP contribution in [-0.2, 0) is 9.59 Å². The Bertz CT molecular complexity index is 360. The van der Waals surface area contributed by atoms with Crippen LogP contribution in [0.3, 0.4) is 0 Å². The number of carbonyl (C=O) groups excluding carboxylic acids is 2. The lowest BCUT2D eigenvalue weighted by molar-refractivity contribution is -0.137. The van der Waals surface area contributed by atoms with Crippen LogP contribution in [0.5, 0.6) is 0 Å². The lowest BCUT2D eigenvalue weighted by Crippen LogP contribution is -2.42. The summed E-state index contributed by atoms with van der Waals surface area (Å²) in [4.78, 5) is 35.1. The van der Waals surface area contributed by atoms with E-state index in [1.54, 1.807) is 4.90 Å². The Morgan fingerprint density at radius 3 is 2.85 bits per heavy atom. The Hall–Kier alpha value is -1.79. The zero-order chi connectivity index (χ0) is 15.0. The summed E-state index contributed by atoms with van der Waals surface area (Å²) < 4.78 is 0. The molecular weight excluding hydrogens is 262 g/mol. The molecule has 3 amide bonds. The molecule has 1 rings (SSSR count). The summed E-state index contributed by atoms with van der Waals surface area (Å²) in [5.41, 5.74) is 0. The molecule has 1 aliphatic heterocycles. The molecule has 0 bridgehead atoms. The molecule has 0 aliphatic carbocycles. The minimum atomic E-state index is -0.789. The van der Waals surface area contributed by atoms with Crippen molar-refractivity contribution in [2.45, 2.75) is 32.6 Å². The van der Waals surface area contributed by atoms with E-state index in [0.717, 1.165) is 6.42 Å². The van der Waals surface area contributed by atoms with Crippen LogP contribution in [0.25, 0.3) is 0 Å². The molecule has 1 unspecified atom stereocenters. The van der Waals surface area contributed by atoms with Crippen LogP contribution in [0.1, 0.15) is 32.6 Å². The lowest BCUT2D eigenvalue weighted by atomic mass is 10.0. The van der Waals surface area contributed by atoms with Gasteiger partial charge < -0.3 is 20.6 Å². The van der Waals surface area contributed by atoms with Crippen molar-refractivity contribution in [2.75, 3.05) is 26.2 Å². The van der Waals surface area contributed by atoms with Gasteiger partial charge in [-0.05, 0) is 18.8 Å². The fourth-order valence-corrected chi connectivity index (χ4v) is 2.02. The van der Waals surface area contributed by atoms with E-state index in [0.29, 0.717) is 39.0 Å². The number of rotatable bonds is 6. The molecule has 1 saturated heterocycles. The van der Waals surface area contributed by atoms with Crippen molar-refractivity contribution in [3.63, 3.8) is 0 Å². The topological polar surface area (TPSA) is 98.7 Å². The first-order chi connectivity index (χ1) is 9.49. The van der Waals surface area contributed by atoms with Crippen molar-refractivity contribution < 1.29 is 19.5 Å². The number of carboxylic acids is 1. The van der Waals surface area contributed by atoms with E-state index in [1.165, 1.54) is 0 Å². The van der Waals surface area contributed by atoms with Gasteiger partial charge in [0.05, 0.1) is 0 Å². The van der Waals surface area contributed by atoms with Gasteiger partial charge in [0.15, 0.2) is 0 Å². The number of nitrogens with one attached hydrogen (secondary N) is 2. The van der Waals surface area contributed by atoms with Crippen LogP contribution in [-0.4, -0.2) is 54.1 Å². The highest BCUT2D eigenvalue weighted by atomic mass is 16.4. The average Bonchev–Trinajstić information content (AvgIpc) is 2.61. The molecule has 7 heteroatoms. The van der Waals surface area contributed by atoms with Gasteiger partial charge in [-0.3, -0.25) is 9.59 Å². The van der Waals surface area contributed by atoms with Crippen molar-refractivity contribution in [3.8, 4) is 0 Å². The van der Waals surface area contributed by atoms with Gasteiger partial charge in [0, 0.05) is 39.0 Å². The van der Waals surface area contributed by atoms with Crippen molar-refractivity contribution in [1.29, 1.82) is 0 Å². The maximum Gasteiger partial charge on any atom is 0.317 e. The molecule has 0 saturated carbocycles. The summed E-state index contributed by atoms with van der Waals surface area (Å²) in [5.74, 6) is -0.552. The SMILES string of the molecule is CC(CCNC(=O)N1CCNC(=O)CC1)CCC(=O)O. The van der Waals surface area contributed by atoms with Gasteiger partial charge in [-0.2, -0.15) is 0 Å². The number of hydrogen-bond donors (Lipinski definition) is 3. The molecule has 0 aromatic carbocycles. The second kappa shape index (κ2) is 8.39. The Labute approximate surface area is 118 Å². The number of amides is 3. The van der Waals surface area contributed by atoms with E-state index in [1.807, 2.05) is 6.92 Å². The molecule has 0 radical (unpaired) electrons. The van der Waals surface area contributed by atoms with Gasteiger partial charge in [-0.25, -0.2) is 4.79 Å². The highest BCUT2D eigenvalue weighted by molar-refractivity contribution is 5.79. The second-order valence-electron chi connectivity index (χ2n) is 5.15. The molecule has 1 heterocycles. The average molecular weight is 285 g/mol. The second-order valence-corrected chi connectivity index (χ2v) is 5.15. The largest absolute Gasteiger partial charge is 0.481 e. The first-order valence-corrected chi connectivity index (χ1v) is 7.00. The summed E-state index contributed by atoms with van der Waals surface area (Å²) >= 11 is 0. The fourth-order valence-electron chi connectivity index (χ4n) is 2.02. The van der Waals surface area contributed by atoms with E-state index in [4.69, 9.17) is 5.11 Å². The van der Waals surface area contributed by atoms with E-state index in [9.17, 15) is 14.4 Å². The smallest absolute Gasteiger partial charge is 0.317 e. The molecule has 1 fully saturated rings. The molecule has 0 aromatic heterocycles. The van der Waals surface area contributed by atoms with Gasteiger partial charge in [0.2, 0.25) is 5.91 Å². The highest BCUT2D eigenvalue weighted by Gasteiger charge is 2.17. The molecule has 1 aliphatic rings. The quantitative estimate of drug-likeness (QED) is 0.658. The number of carbonyl (C=O) groups is 3. The first kappa shape index (κ1) is 16.3. The Kier molecular flexibility index (Phi) is 6.83. The van der Waals surface area contributed by atoms with E-state index in [-0.39, 0.29) is 24.3 Å². The third kappa shape index (κ3) is 6.40. The summed E-state index contributed by atoms with van der Waals surface area (Å²) in [7, 11) is 0. The highest BCUT2D eigenvalue weighted by Crippen LogP contribution is 2.09. The van der Waals surface area contributed by atoms with Crippen molar-refractivity contribution in [1.82, 2.24) is 15.5 Å². The molecule has 114 valence electrons. The maximum atomic E-state index is 11.9. The molecular formula is C13H23N3O4. The first-order valence-electron chi connectivity index (χ1n) is 7.00. The minimum Gasteiger partial charge on any atom is -0.481 e. The standard InChI is InChI=1S/C13H23N3O4/c1-10(2-3-12(18)19)4-6-15-13(20)16-8-5-11(17)14-7-9-16/h10H,2-9H2,1H3,(H,14,17)(H,15,20)(H,18,19). The van der Waals surface area contributed by atoms with Gasteiger partial charge in [0.1, 0.15) is 0 Å². The number of carboxylic acid groups (broad SMARTS) is 1. The van der Waals surface area contributed by atoms with Gasteiger partial charge >= 0.3 is 12.0 Å². The molecule has 20 heavy (non-hydrogen) atoms. The monoisotopic (exact) mass is 285 g/mol. The van der Waals surface area contributed by atoms with Crippen LogP contribution in [0.15, 0.2) is 0 Å². The molecule has 1 atom stereocenters. The van der Waals surface area contributed by atoms with Crippen molar-refractivity contribution >= 4 is 17.9 Å².